The first-order valence-electron chi connectivity index (χ1n) is 6.56. The van der Waals surface area contributed by atoms with Crippen molar-refractivity contribution >= 4 is 16.9 Å². The van der Waals surface area contributed by atoms with E-state index < -0.39 is 0 Å². The molecule has 1 heterocycles. The average molecular weight is 283 g/mol. The third kappa shape index (κ3) is 2.63. The molecular formula is C16H14FN3O. The van der Waals surface area contributed by atoms with E-state index >= 15 is 0 Å². The average Bonchev–Trinajstić information content (AvgIpc) is 2.51. The van der Waals surface area contributed by atoms with Gasteiger partial charge in [-0.2, -0.15) is 4.98 Å². The molecule has 5 heteroatoms. The predicted octanol–water partition coefficient (Wildman–Crippen LogP) is 3.91. The van der Waals surface area contributed by atoms with Gasteiger partial charge in [-0.05, 0) is 42.8 Å². The molecular weight excluding hydrogens is 269 g/mol. The predicted molar refractivity (Wildman–Crippen MR) is 80.3 cm³/mol. The number of ether oxygens (including phenoxy) is 1. The number of hydrogen-bond acceptors (Lipinski definition) is 4. The van der Waals surface area contributed by atoms with Gasteiger partial charge in [-0.15, -0.1) is 0 Å². The summed E-state index contributed by atoms with van der Waals surface area (Å²) in [5.74, 6) is 1.20. The van der Waals surface area contributed by atoms with Crippen LogP contribution in [0.4, 0.5) is 10.3 Å². The summed E-state index contributed by atoms with van der Waals surface area (Å²) in [7, 11) is 1.75. The van der Waals surface area contributed by atoms with Crippen molar-refractivity contribution in [3.05, 3.63) is 53.8 Å². The zero-order chi connectivity index (χ0) is 14.8. The molecule has 3 aromatic rings. The molecule has 0 aliphatic heterocycles. The Morgan fingerprint density at radius 3 is 2.67 bits per heavy atom. The van der Waals surface area contributed by atoms with Gasteiger partial charge in [0.15, 0.2) is 0 Å². The fourth-order valence-electron chi connectivity index (χ4n) is 2.03. The number of nitrogens with one attached hydrogen (secondary N) is 1. The Morgan fingerprint density at radius 1 is 1.10 bits per heavy atom. The van der Waals surface area contributed by atoms with Crippen molar-refractivity contribution in [1.82, 2.24) is 9.97 Å². The highest BCUT2D eigenvalue weighted by Crippen LogP contribution is 2.29. The number of rotatable bonds is 3. The van der Waals surface area contributed by atoms with Gasteiger partial charge in [0.1, 0.15) is 11.6 Å². The van der Waals surface area contributed by atoms with Crippen LogP contribution in [0, 0.1) is 12.7 Å². The minimum Gasteiger partial charge on any atom is -0.438 e. The molecule has 21 heavy (non-hydrogen) atoms. The molecule has 0 atom stereocenters. The topological polar surface area (TPSA) is 47.0 Å². The molecule has 0 aliphatic rings. The minimum absolute atomic E-state index is 0.259. The molecule has 0 unspecified atom stereocenters. The van der Waals surface area contributed by atoms with Crippen molar-refractivity contribution in [1.29, 1.82) is 0 Å². The third-order valence-corrected chi connectivity index (χ3v) is 3.14. The van der Waals surface area contributed by atoms with Crippen LogP contribution in [0.1, 0.15) is 5.56 Å². The molecule has 0 aliphatic carbocycles. The molecule has 1 aromatic heterocycles. The molecule has 106 valence electrons. The van der Waals surface area contributed by atoms with Gasteiger partial charge in [0.2, 0.25) is 11.8 Å². The molecule has 0 saturated heterocycles. The quantitative estimate of drug-likeness (QED) is 0.791. The zero-order valence-electron chi connectivity index (χ0n) is 11.7. The molecule has 4 nitrogen and oxygen atoms in total. The van der Waals surface area contributed by atoms with E-state index in [0.29, 0.717) is 23.1 Å². The molecule has 0 fully saturated rings. The summed E-state index contributed by atoms with van der Waals surface area (Å²) < 4.78 is 19.1. The summed E-state index contributed by atoms with van der Waals surface area (Å²) >= 11 is 0. The normalized spacial score (nSPS) is 10.6. The third-order valence-electron chi connectivity index (χ3n) is 3.14. The van der Waals surface area contributed by atoms with E-state index in [0.717, 1.165) is 10.9 Å². The number of halogens is 1. The molecule has 1 N–H and O–H groups in total. The minimum atomic E-state index is -0.259. The summed E-state index contributed by atoms with van der Waals surface area (Å²) in [6.45, 7) is 1.69. The van der Waals surface area contributed by atoms with Crippen molar-refractivity contribution < 1.29 is 9.13 Å². The smallest absolute Gasteiger partial charge is 0.231 e. The lowest BCUT2D eigenvalue weighted by Gasteiger charge is -2.10. The lowest BCUT2D eigenvalue weighted by molar-refractivity contribution is 0.466. The maximum atomic E-state index is 13.3. The van der Waals surface area contributed by atoms with Crippen LogP contribution in [-0.2, 0) is 0 Å². The maximum absolute atomic E-state index is 13.3. The number of hydrogen-bond donors (Lipinski definition) is 1. The van der Waals surface area contributed by atoms with Crippen LogP contribution in [0.25, 0.3) is 10.9 Å². The first kappa shape index (κ1) is 13.3. The highest BCUT2D eigenvalue weighted by atomic mass is 19.1. The van der Waals surface area contributed by atoms with Crippen LogP contribution in [0.2, 0.25) is 0 Å². The number of anilines is 1. The Hall–Kier alpha value is -2.69. The molecule has 3 rings (SSSR count). The van der Waals surface area contributed by atoms with E-state index in [4.69, 9.17) is 4.74 Å². The van der Waals surface area contributed by atoms with Crippen molar-refractivity contribution in [2.24, 2.45) is 0 Å². The van der Waals surface area contributed by atoms with Gasteiger partial charge in [-0.1, -0.05) is 12.1 Å². The first-order chi connectivity index (χ1) is 10.2. The van der Waals surface area contributed by atoms with E-state index in [-0.39, 0.29) is 5.82 Å². The number of benzene rings is 2. The first-order valence-corrected chi connectivity index (χ1v) is 6.56. The summed E-state index contributed by atoms with van der Waals surface area (Å²) in [5, 5.41) is 3.71. The van der Waals surface area contributed by atoms with Crippen molar-refractivity contribution in [3.63, 3.8) is 0 Å². The van der Waals surface area contributed by atoms with E-state index in [2.05, 4.69) is 15.3 Å². The van der Waals surface area contributed by atoms with Gasteiger partial charge >= 0.3 is 0 Å². The Bertz CT molecular complexity index is 805. The molecule has 0 radical (unpaired) electrons. The molecule has 0 amide bonds. The second kappa shape index (κ2) is 5.36. The van der Waals surface area contributed by atoms with Gasteiger partial charge in [-0.3, -0.25) is 0 Å². The summed E-state index contributed by atoms with van der Waals surface area (Å²) in [4.78, 5) is 8.69. The molecule has 2 aromatic carbocycles. The fourth-order valence-corrected chi connectivity index (χ4v) is 2.03. The maximum Gasteiger partial charge on any atom is 0.231 e. The van der Waals surface area contributed by atoms with E-state index in [9.17, 15) is 4.39 Å². The zero-order valence-corrected chi connectivity index (χ0v) is 11.7. The second-order valence-corrected chi connectivity index (χ2v) is 4.63. The van der Waals surface area contributed by atoms with Gasteiger partial charge in [-0.25, -0.2) is 9.37 Å². The Labute approximate surface area is 121 Å². The van der Waals surface area contributed by atoms with Crippen LogP contribution in [0.15, 0.2) is 42.5 Å². The molecule has 0 bridgehead atoms. The molecule has 0 spiro atoms. The van der Waals surface area contributed by atoms with E-state index in [1.54, 1.807) is 26.1 Å². The monoisotopic (exact) mass is 283 g/mol. The van der Waals surface area contributed by atoms with Gasteiger partial charge in [0, 0.05) is 7.05 Å². The standard InChI is InChI=1S/C16H14FN3O/c1-10-9-11(7-8-13(10)17)21-15-12-5-3-4-6-14(12)19-16(18-2)20-15/h3-9H,1-2H3,(H,18,19,20). The number of para-hydroxylation sites is 1. The number of aryl methyl sites for hydroxylation is 1. The van der Waals surface area contributed by atoms with Gasteiger partial charge in [0.25, 0.3) is 0 Å². The Balaban J connectivity index is 2.08. The second-order valence-electron chi connectivity index (χ2n) is 4.63. The van der Waals surface area contributed by atoms with Crippen molar-refractivity contribution in [3.8, 4) is 11.6 Å². The largest absolute Gasteiger partial charge is 0.438 e. The lowest BCUT2D eigenvalue weighted by Crippen LogP contribution is -1.99. The van der Waals surface area contributed by atoms with Gasteiger partial charge in [0.05, 0.1) is 10.9 Å². The van der Waals surface area contributed by atoms with Crippen LogP contribution < -0.4 is 10.1 Å². The fraction of sp³-hybridized carbons (Fsp3) is 0.125. The highest BCUT2D eigenvalue weighted by Gasteiger charge is 2.09. The summed E-state index contributed by atoms with van der Waals surface area (Å²) in [6, 6.07) is 12.2. The van der Waals surface area contributed by atoms with Crippen molar-refractivity contribution in [2.45, 2.75) is 6.92 Å². The number of nitrogens with zero attached hydrogens (tertiary/aromatic N) is 2. The molecule has 0 saturated carbocycles. The van der Waals surface area contributed by atoms with Crippen LogP contribution in [-0.4, -0.2) is 17.0 Å². The summed E-state index contributed by atoms with van der Waals surface area (Å²) in [5.41, 5.74) is 1.31. The number of aromatic nitrogens is 2. The van der Waals surface area contributed by atoms with Gasteiger partial charge < -0.3 is 10.1 Å². The van der Waals surface area contributed by atoms with Crippen LogP contribution in [0.3, 0.4) is 0 Å². The van der Waals surface area contributed by atoms with Crippen molar-refractivity contribution in [2.75, 3.05) is 12.4 Å². The Morgan fingerprint density at radius 2 is 1.90 bits per heavy atom. The van der Waals surface area contributed by atoms with Crippen LogP contribution >= 0.6 is 0 Å². The van der Waals surface area contributed by atoms with E-state index in [1.807, 2.05) is 24.3 Å². The highest BCUT2D eigenvalue weighted by molar-refractivity contribution is 5.84. The van der Waals surface area contributed by atoms with Crippen LogP contribution in [0.5, 0.6) is 11.6 Å². The number of fused-ring (bicyclic) bond motifs is 1. The Kier molecular flexibility index (Phi) is 3.39. The summed E-state index contributed by atoms with van der Waals surface area (Å²) in [6.07, 6.45) is 0. The lowest BCUT2D eigenvalue weighted by atomic mass is 10.2. The van der Waals surface area contributed by atoms with E-state index in [1.165, 1.54) is 6.07 Å². The SMILES string of the molecule is CNc1nc(Oc2ccc(F)c(C)c2)c2ccccc2n1.